The SMILES string of the molecule is Cc1cc(=O)c(O)c(C2(CC(=O)NCc3csc(-c4ccccc4)n3)CCOCC2)o1. The Morgan fingerprint density at radius 3 is 2.74 bits per heavy atom. The van der Waals surface area contributed by atoms with E-state index in [0.717, 1.165) is 16.3 Å². The molecule has 0 bridgehead atoms. The normalized spacial score (nSPS) is 15.5. The highest BCUT2D eigenvalue weighted by atomic mass is 32.1. The highest BCUT2D eigenvalue weighted by Gasteiger charge is 2.41. The number of thiazole rings is 1. The van der Waals surface area contributed by atoms with Gasteiger partial charge in [-0.05, 0) is 19.8 Å². The molecule has 1 amide bonds. The molecule has 162 valence electrons. The van der Waals surface area contributed by atoms with Gasteiger partial charge in [-0.15, -0.1) is 11.3 Å². The molecule has 1 aliphatic rings. The van der Waals surface area contributed by atoms with E-state index in [2.05, 4.69) is 10.3 Å². The summed E-state index contributed by atoms with van der Waals surface area (Å²) in [6, 6.07) is 11.1. The highest BCUT2D eigenvalue weighted by molar-refractivity contribution is 7.13. The van der Waals surface area contributed by atoms with E-state index in [0.29, 0.717) is 38.4 Å². The number of hydrogen-bond acceptors (Lipinski definition) is 7. The van der Waals surface area contributed by atoms with Crippen LogP contribution in [0.2, 0.25) is 0 Å². The zero-order chi connectivity index (χ0) is 21.8. The van der Waals surface area contributed by atoms with Crippen molar-refractivity contribution in [1.29, 1.82) is 0 Å². The minimum Gasteiger partial charge on any atom is -0.502 e. The molecule has 0 radical (unpaired) electrons. The van der Waals surface area contributed by atoms with Crippen LogP contribution < -0.4 is 10.7 Å². The first-order chi connectivity index (χ1) is 15.0. The van der Waals surface area contributed by atoms with E-state index < -0.39 is 16.6 Å². The van der Waals surface area contributed by atoms with Crippen molar-refractivity contribution in [3.63, 3.8) is 0 Å². The third kappa shape index (κ3) is 4.70. The molecule has 0 unspecified atom stereocenters. The average molecular weight is 441 g/mol. The second-order valence-corrected chi connectivity index (χ2v) is 8.61. The molecule has 8 heteroatoms. The molecule has 2 aromatic heterocycles. The molecule has 1 aromatic carbocycles. The van der Waals surface area contributed by atoms with Gasteiger partial charge in [0.1, 0.15) is 10.8 Å². The van der Waals surface area contributed by atoms with Gasteiger partial charge in [0.15, 0.2) is 5.76 Å². The molecule has 31 heavy (non-hydrogen) atoms. The number of rotatable bonds is 6. The quantitative estimate of drug-likeness (QED) is 0.608. The van der Waals surface area contributed by atoms with Gasteiger partial charge in [-0.1, -0.05) is 30.3 Å². The number of ether oxygens (including phenoxy) is 1. The molecule has 7 nitrogen and oxygen atoms in total. The fourth-order valence-electron chi connectivity index (χ4n) is 3.87. The molecule has 0 atom stereocenters. The molecule has 0 aliphatic carbocycles. The fraction of sp³-hybridized carbons (Fsp3) is 0.348. The number of carbonyl (C=O) groups excluding carboxylic acids is 1. The second-order valence-electron chi connectivity index (χ2n) is 7.76. The first-order valence-electron chi connectivity index (χ1n) is 10.2. The minimum atomic E-state index is -0.783. The molecule has 2 N–H and O–H groups in total. The lowest BCUT2D eigenvalue weighted by molar-refractivity contribution is -0.123. The summed E-state index contributed by atoms with van der Waals surface area (Å²) in [7, 11) is 0. The Balaban J connectivity index is 1.48. The van der Waals surface area contributed by atoms with Gasteiger partial charge in [0.25, 0.3) is 0 Å². The van der Waals surface area contributed by atoms with Gasteiger partial charge in [0.2, 0.25) is 17.1 Å². The maximum atomic E-state index is 12.8. The summed E-state index contributed by atoms with van der Waals surface area (Å²) in [4.78, 5) is 29.6. The summed E-state index contributed by atoms with van der Waals surface area (Å²) >= 11 is 1.53. The third-order valence-corrected chi connectivity index (χ3v) is 6.46. The van der Waals surface area contributed by atoms with Crippen LogP contribution in [0.3, 0.4) is 0 Å². The summed E-state index contributed by atoms with van der Waals surface area (Å²) in [6.45, 7) is 2.82. The Bertz CT molecular complexity index is 1120. The number of nitrogens with one attached hydrogen (secondary N) is 1. The topological polar surface area (TPSA) is 102 Å². The molecule has 1 saturated heterocycles. The van der Waals surface area contributed by atoms with Gasteiger partial charge in [-0.2, -0.15) is 0 Å². The second kappa shape index (κ2) is 9.03. The first kappa shape index (κ1) is 21.3. The number of hydrogen-bond donors (Lipinski definition) is 2. The van der Waals surface area contributed by atoms with Crippen LogP contribution in [0.4, 0.5) is 0 Å². The highest BCUT2D eigenvalue weighted by Crippen LogP contribution is 2.41. The van der Waals surface area contributed by atoms with Crippen LogP contribution in [0.15, 0.2) is 51.0 Å². The van der Waals surface area contributed by atoms with Crippen molar-refractivity contribution in [3.8, 4) is 16.3 Å². The molecule has 1 fully saturated rings. The molecule has 0 spiro atoms. The van der Waals surface area contributed by atoms with Crippen molar-refractivity contribution in [2.24, 2.45) is 0 Å². The van der Waals surface area contributed by atoms with E-state index >= 15 is 0 Å². The number of aromatic hydroxyl groups is 1. The lowest BCUT2D eigenvalue weighted by Gasteiger charge is -2.35. The van der Waals surface area contributed by atoms with Crippen LogP contribution >= 0.6 is 11.3 Å². The van der Waals surface area contributed by atoms with Crippen molar-refractivity contribution in [3.05, 3.63) is 69.2 Å². The van der Waals surface area contributed by atoms with Gasteiger partial charge >= 0.3 is 0 Å². The van der Waals surface area contributed by atoms with Crippen LogP contribution in [0.25, 0.3) is 10.6 Å². The van der Waals surface area contributed by atoms with Crippen LogP contribution in [0, 0.1) is 6.92 Å². The average Bonchev–Trinajstić information content (AvgIpc) is 3.25. The van der Waals surface area contributed by atoms with E-state index in [9.17, 15) is 14.7 Å². The Labute approximate surface area is 183 Å². The van der Waals surface area contributed by atoms with Gasteiger partial charge < -0.3 is 19.6 Å². The summed E-state index contributed by atoms with van der Waals surface area (Å²) in [5.41, 5.74) is 0.537. The predicted octanol–water partition coefficient (Wildman–Crippen LogP) is 3.53. The van der Waals surface area contributed by atoms with Crippen LogP contribution in [0.1, 0.15) is 36.5 Å². The third-order valence-electron chi connectivity index (χ3n) is 5.52. The number of aromatic nitrogens is 1. The Morgan fingerprint density at radius 1 is 1.26 bits per heavy atom. The molecule has 3 heterocycles. The lowest BCUT2D eigenvalue weighted by atomic mass is 9.74. The summed E-state index contributed by atoms with van der Waals surface area (Å²) < 4.78 is 11.2. The van der Waals surface area contributed by atoms with E-state index in [1.165, 1.54) is 17.4 Å². The maximum Gasteiger partial charge on any atom is 0.227 e. The molecule has 3 aromatic rings. The van der Waals surface area contributed by atoms with Gasteiger partial charge in [-0.3, -0.25) is 9.59 Å². The summed E-state index contributed by atoms with van der Waals surface area (Å²) in [5, 5.41) is 16.1. The van der Waals surface area contributed by atoms with Crippen molar-refractivity contribution in [1.82, 2.24) is 10.3 Å². The monoisotopic (exact) mass is 440 g/mol. The molecule has 0 saturated carbocycles. The Kier molecular flexibility index (Phi) is 6.20. The van der Waals surface area contributed by atoms with Crippen molar-refractivity contribution in [2.75, 3.05) is 13.2 Å². The summed E-state index contributed by atoms with van der Waals surface area (Å²) in [5.74, 6) is -0.0389. The molecule has 4 rings (SSSR count). The number of nitrogens with zero attached hydrogens (tertiary/aromatic N) is 1. The van der Waals surface area contributed by atoms with E-state index in [4.69, 9.17) is 9.15 Å². The van der Waals surface area contributed by atoms with Crippen molar-refractivity contribution in [2.45, 2.75) is 38.1 Å². The van der Waals surface area contributed by atoms with Gasteiger partial charge in [0.05, 0.1) is 12.2 Å². The zero-order valence-electron chi connectivity index (χ0n) is 17.2. The Hall–Kier alpha value is -2.97. The zero-order valence-corrected chi connectivity index (χ0v) is 18.0. The first-order valence-corrected chi connectivity index (χ1v) is 11.0. The van der Waals surface area contributed by atoms with Crippen LogP contribution in [-0.2, 0) is 21.5 Å². The predicted molar refractivity (Wildman–Crippen MR) is 117 cm³/mol. The van der Waals surface area contributed by atoms with E-state index in [1.54, 1.807) is 6.92 Å². The number of aryl methyl sites for hydroxylation is 1. The number of carbonyl (C=O) groups is 1. The van der Waals surface area contributed by atoms with Gasteiger partial charge in [0, 0.05) is 42.1 Å². The molecule has 1 aliphatic heterocycles. The maximum absolute atomic E-state index is 12.8. The van der Waals surface area contributed by atoms with Crippen LogP contribution in [0.5, 0.6) is 5.75 Å². The number of benzene rings is 1. The van der Waals surface area contributed by atoms with Gasteiger partial charge in [-0.25, -0.2) is 4.98 Å². The molecular weight excluding hydrogens is 416 g/mol. The van der Waals surface area contributed by atoms with Crippen molar-refractivity contribution >= 4 is 17.2 Å². The standard InChI is InChI=1S/C23H24N2O5S/c1-15-11-18(26)20(28)21(30-15)23(7-9-29-10-8-23)12-19(27)24-13-17-14-31-22(25-17)16-5-3-2-4-6-16/h2-6,11,14,28H,7-10,12-13H2,1H3,(H,24,27). The Morgan fingerprint density at radius 2 is 2.00 bits per heavy atom. The van der Waals surface area contributed by atoms with E-state index in [1.807, 2.05) is 35.7 Å². The summed E-state index contributed by atoms with van der Waals surface area (Å²) in [6.07, 6.45) is 1.05. The van der Waals surface area contributed by atoms with Crippen LogP contribution in [-0.4, -0.2) is 29.2 Å². The fourth-order valence-corrected chi connectivity index (χ4v) is 4.70. The largest absolute Gasteiger partial charge is 0.502 e. The molecular formula is C23H24N2O5S. The lowest BCUT2D eigenvalue weighted by Crippen LogP contribution is -2.40. The smallest absolute Gasteiger partial charge is 0.227 e. The van der Waals surface area contributed by atoms with E-state index in [-0.39, 0.29) is 18.1 Å². The minimum absolute atomic E-state index is 0.0893. The van der Waals surface area contributed by atoms with Crippen molar-refractivity contribution < 1.29 is 19.1 Å². The number of amides is 1.